The molecule has 0 saturated heterocycles. The molecule has 6 heteroatoms. The Hall–Kier alpha value is -1.56. The van der Waals surface area contributed by atoms with Gasteiger partial charge in [0, 0.05) is 11.6 Å². The lowest BCUT2D eigenvalue weighted by Crippen LogP contribution is -2.16. The van der Waals surface area contributed by atoms with E-state index in [2.05, 4.69) is 4.72 Å². The maximum atomic E-state index is 12.2. The first-order valence-corrected chi connectivity index (χ1v) is 8.48. The van der Waals surface area contributed by atoms with Crippen LogP contribution in [0.1, 0.15) is 16.7 Å². The Morgan fingerprint density at radius 1 is 1.14 bits per heavy atom. The van der Waals surface area contributed by atoms with Gasteiger partial charge in [-0.2, -0.15) is 0 Å². The van der Waals surface area contributed by atoms with Crippen LogP contribution in [0.3, 0.4) is 0 Å². The zero-order chi connectivity index (χ0) is 15.5. The Morgan fingerprint density at radius 3 is 2.52 bits per heavy atom. The van der Waals surface area contributed by atoms with Gasteiger partial charge in [0.15, 0.2) is 0 Å². The minimum absolute atomic E-state index is 0.104. The molecule has 0 spiro atoms. The fourth-order valence-electron chi connectivity index (χ4n) is 1.99. The summed E-state index contributed by atoms with van der Waals surface area (Å²) in [6.07, 6.45) is 0. The van der Waals surface area contributed by atoms with E-state index in [9.17, 15) is 8.42 Å². The molecule has 4 nitrogen and oxygen atoms in total. The molecule has 0 aliphatic heterocycles. The second-order valence-corrected chi connectivity index (χ2v) is 6.93. The van der Waals surface area contributed by atoms with Crippen molar-refractivity contribution in [2.75, 3.05) is 4.72 Å². The maximum absolute atomic E-state index is 12.2. The number of nitrogens with two attached hydrogens (primary N) is 1. The van der Waals surface area contributed by atoms with E-state index in [1.54, 1.807) is 43.3 Å². The lowest BCUT2D eigenvalue weighted by Gasteiger charge is -2.12. The predicted molar refractivity (Wildman–Crippen MR) is 86.8 cm³/mol. The van der Waals surface area contributed by atoms with Gasteiger partial charge in [0.05, 0.1) is 11.4 Å². The smallest absolute Gasteiger partial charge is 0.236 e. The minimum Gasteiger partial charge on any atom is -0.326 e. The van der Waals surface area contributed by atoms with Gasteiger partial charge in [-0.15, -0.1) is 0 Å². The summed E-state index contributed by atoms with van der Waals surface area (Å²) >= 11 is 5.99. The third-order valence-electron chi connectivity index (χ3n) is 3.12. The van der Waals surface area contributed by atoms with Crippen LogP contribution in [0.25, 0.3) is 0 Å². The van der Waals surface area contributed by atoms with Crippen molar-refractivity contribution in [2.45, 2.75) is 19.2 Å². The van der Waals surface area contributed by atoms with Crippen LogP contribution >= 0.6 is 11.6 Å². The maximum Gasteiger partial charge on any atom is 0.236 e. The Labute approximate surface area is 130 Å². The average molecular weight is 325 g/mol. The molecule has 0 aliphatic rings. The molecule has 2 rings (SSSR count). The number of anilines is 1. The van der Waals surface area contributed by atoms with Crippen molar-refractivity contribution in [1.82, 2.24) is 0 Å². The third-order valence-corrected chi connectivity index (χ3v) is 4.77. The van der Waals surface area contributed by atoms with Crippen molar-refractivity contribution in [3.8, 4) is 0 Å². The lowest BCUT2D eigenvalue weighted by atomic mass is 10.1. The summed E-state index contributed by atoms with van der Waals surface area (Å²) in [5.74, 6) is -0.104. The highest BCUT2D eigenvalue weighted by molar-refractivity contribution is 7.91. The van der Waals surface area contributed by atoms with Gasteiger partial charge in [0.1, 0.15) is 0 Å². The van der Waals surface area contributed by atoms with Crippen molar-refractivity contribution in [1.29, 1.82) is 0 Å². The summed E-state index contributed by atoms with van der Waals surface area (Å²) in [6, 6.07) is 12.4. The standard InChI is InChI=1S/C15H17ClN2O2S/c1-11-14(16)6-3-7-15(11)18-21(19,20)10-13-5-2-4-12(8-13)9-17/h2-8,18H,9-10,17H2,1H3. The Kier molecular flexibility index (Phi) is 4.88. The summed E-state index contributed by atoms with van der Waals surface area (Å²) in [4.78, 5) is 0. The van der Waals surface area contributed by atoms with E-state index in [0.29, 0.717) is 28.4 Å². The van der Waals surface area contributed by atoms with Gasteiger partial charge in [-0.25, -0.2) is 8.42 Å². The largest absolute Gasteiger partial charge is 0.326 e. The van der Waals surface area contributed by atoms with E-state index in [0.717, 1.165) is 5.56 Å². The molecule has 2 aromatic rings. The van der Waals surface area contributed by atoms with E-state index in [-0.39, 0.29) is 5.75 Å². The van der Waals surface area contributed by atoms with Crippen LogP contribution in [0, 0.1) is 6.92 Å². The Bertz CT molecular complexity index is 745. The molecule has 0 bridgehead atoms. The van der Waals surface area contributed by atoms with Crippen molar-refractivity contribution in [2.24, 2.45) is 5.73 Å². The van der Waals surface area contributed by atoms with Crippen LogP contribution in [0.2, 0.25) is 5.02 Å². The molecule has 0 heterocycles. The molecule has 0 radical (unpaired) electrons. The van der Waals surface area contributed by atoms with Gasteiger partial charge in [-0.3, -0.25) is 4.72 Å². The zero-order valence-electron chi connectivity index (χ0n) is 11.6. The summed E-state index contributed by atoms with van der Waals surface area (Å²) in [6.45, 7) is 2.16. The minimum atomic E-state index is -3.50. The summed E-state index contributed by atoms with van der Waals surface area (Å²) in [5.41, 5.74) is 8.37. The predicted octanol–water partition coefficient (Wildman–Crippen LogP) is 3.05. The molecule has 112 valence electrons. The van der Waals surface area contributed by atoms with Gasteiger partial charge in [-0.05, 0) is 35.7 Å². The molecule has 0 unspecified atom stereocenters. The van der Waals surface area contributed by atoms with Gasteiger partial charge >= 0.3 is 0 Å². The zero-order valence-corrected chi connectivity index (χ0v) is 13.2. The number of hydrogen-bond donors (Lipinski definition) is 2. The van der Waals surface area contributed by atoms with Crippen LogP contribution in [0.5, 0.6) is 0 Å². The number of nitrogens with one attached hydrogen (secondary N) is 1. The molecular weight excluding hydrogens is 308 g/mol. The summed E-state index contributed by atoms with van der Waals surface area (Å²) < 4.78 is 27.1. The van der Waals surface area contributed by atoms with Crippen molar-refractivity contribution < 1.29 is 8.42 Å². The van der Waals surface area contributed by atoms with E-state index < -0.39 is 10.0 Å². The van der Waals surface area contributed by atoms with Gasteiger partial charge in [0.2, 0.25) is 10.0 Å². The summed E-state index contributed by atoms with van der Waals surface area (Å²) in [7, 11) is -3.50. The number of sulfonamides is 1. The topological polar surface area (TPSA) is 72.2 Å². The SMILES string of the molecule is Cc1c(Cl)cccc1NS(=O)(=O)Cc1cccc(CN)c1. The second-order valence-electron chi connectivity index (χ2n) is 4.80. The van der Waals surface area contributed by atoms with Crippen LogP contribution in [-0.4, -0.2) is 8.42 Å². The van der Waals surface area contributed by atoms with Gasteiger partial charge in [-0.1, -0.05) is 41.9 Å². The van der Waals surface area contributed by atoms with Gasteiger partial charge < -0.3 is 5.73 Å². The molecular formula is C15H17ClN2O2S. The van der Waals surface area contributed by atoms with Crippen LogP contribution in [0.4, 0.5) is 5.69 Å². The highest BCUT2D eigenvalue weighted by Gasteiger charge is 2.14. The third kappa shape index (κ3) is 4.20. The number of benzene rings is 2. The van der Waals surface area contributed by atoms with E-state index in [1.807, 2.05) is 6.07 Å². The van der Waals surface area contributed by atoms with Crippen LogP contribution in [0.15, 0.2) is 42.5 Å². The number of rotatable bonds is 5. The van der Waals surface area contributed by atoms with E-state index >= 15 is 0 Å². The molecule has 0 amide bonds. The first-order valence-electron chi connectivity index (χ1n) is 6.45. The molecule has 0 saturated carbocycles. The molecule has 3 N–H and O–H groups in total. The first-order chi connectivity index (χ1) is 9.91. The molecule has 0 atom stereocenters. The van der Waals surface area contributed by atoms with Crippen molar-refractivity contribution >= 4 is 27.3 Å². The van der Waals surface area contributed by atoms with Crippen LogP contribution in [-0.2, 0) is 22.3 Å². The Morgan fingerprint density at radius 2 is 1.81 bits per heavy atom. The Balaban J connectivity index is 2.20. The second kappa shape index (κ2) is 6.47. The highest BCUT2D eigenvalue weighted by atomic mass is 35.5. The van der Waals surface area contributed by atoms with Gasteiger partial charge in [0.25, 0.3) is 0 Å². The monoisotopic (exact) mass is 324 g/mol. The van der Waals surface area contributed by atoms with E-state index in [1.165, 1.54) is 0 Å². The van der Waals surface area contributed by atoms with Crippen molar-refractivity contribution in [3.05, 3.63) is 64.2 Å². The molecule has 2 aromatic carbocycles. The highest BCUT2D eigenvalue weighted by Crippen LogP contribution is 2.24. The molecule has 0 aliphatic carbocycles. The molecule has 21 heavy (non-hydrogen) atoms. The first kappa shape index (κ1) is 15.8. The van der Waals surface area contributed by atoms with Crippen LogP contribution < -0.4 is 10.5 Å². The summed E-state index contributed by atoms with van der Waals surface area (Å²) in [5, 5.41) is 0.528. The lowest BCUT2D eigenvalue weighted by molar-refractivity contribution is 0.600. The fourth-order valence-corrected chi connectivity index (χ4v) is 3.41. The number of halogens is 1. The number of hydrogen-bond acceptors (Lipinski definition) is 3. The van der Waals surface area contributed by atoms with E-state index in [4.69, 9.17) is 17.3 Å². The average Bonchev–Trinajstić information content (AvgIpc) is 2.43. The fraction of sp³-hybridized carbons (Fsp3) is 0.200. The molecule has 0 aromatic heterocycles. The molecule has 0 fully saturated rings. The normalized spacial score (nSPS) is 11.4. The quantitative estimate of drug-likeness (QED) is 0.888. The van der Waals surface area contributed by atoms with Crippen molar-refractivity contribution in [3.63, 3.8) is 0 Å².